The van der Waals surface area contributed by atoms with Crippen LogP contribution in [0, 0.1) is 5.92 Å². The summed E-state index contributed by atoms with van der Waals surface area (Å²) < 4.78 is 3.53. The summed E-state index contributed by atoms with van der Waals surface area (Å²) in [4.78, 5) is 14.7. The number of β-amino-alcohol motifs (C(OH)–C–C–N with tert-alkyl or cyclic N) is 1. The summed E-state index contributed by atoms with van der Waals surface area (Å²) in [6.07, 6.45) is 6.24. The van der Waals surface area contributed by atoms with Crippen molar-refractivity contribution < 1.29 is 9.90 Å². The van der Waals surface area contributed by atoms with Crippen LogP contribution in [0.4, 0.5) is 0 Å². The van der Waals surface area contributed by atoms with Gasteiger partial charge < -0.3 is 10.0 Å². The van der Waals surface area contributed by atoms with Gasteiger partial charge >= 0.3 is 0 Å². The molecule has 8 nitrogen and oxygen atoms in total. The van der Waals surface area contributed by atoms with Gasteiger partial charge in [-0.05, 0) is 18.8 Å². The molecule has 1 N–H and O–H groups in total. The van der Waals surface area contributed by atoms with Crippen LogP contribution in [0.1, 0.15) is 43.2 Å². The van der Waals surface area contributed by atoms with Crippen molar-refractivity contribution >= 4 is 5.91 Å². The van der Waals surface area contributed by atoms with Crippen molar-refractivity contribution in [3.63, 3.8) is 0 Å². The maximum absolute atomic E-state index is 12.9. The number of aromatic nitrogens is 5. The number of rotatable bonds is 6. The van der Waals surface area contributed by atoms with Crippen molar-refractivity contribution in [2.75, 3.05) is 13.1 Å². The highest BCUT2D eigenvalue weighted by Crippen LogP contribution is 2.25. The second-order valence-corrected chi connectivity index (χ2v) is 7.24. The number of carbonyl (C=O) groups is 1. The molecular weight excluding hydrogens is 320 g/mol. The molecule has 0 bridgehead atoms. The first kappa shape index (κ1) is 17.6. The van der Waals surface area contributed by atoms with Gasteiger partial charge in [0.1, 0.15) is 5.60 Å². The van der Waals surface area contributed by atoms with Gasteiger partial charge in [0, 0.05) is 19.3 Å². The Kier molecular flexibility index (Phi) is 4.89. The molecule has 0 saturated carbocycles. The molecule has 25 heavy (non-hydrogen) atoms. The van der Waals surface area contributed by atoms with E-state index >= 15 is 0 Å². The Morgan fingerprint density at radius 3 is 2.88 bits per heavy atom. The van der Waals surface area contributed by atoms with Crippen LogP contribution in [-0.2, 0) is 19.5 Å². The van der Waals surface area contributed by atoms with Gasteiger partial charge in [-0.15, -0.1) is 5.10 Å². The molecule has 0 radical (unpaired) electrons. The number of amides is 1. The Morgan fingerprint density at radius 2 is 2.24 bits per heavy atom. The van der Waals surface area contributed by atoms with E-state index in [1.54, 1.807) is 28.2 Å². The fraction of sp³-hybridized carbons (Fsp3) is 0.647. The predicted molar refractivity (Wildman–Crippen MR) is 91.9 cm³/mol. The Labute approximate surface area is 147 Å². The molecule has 1 aliphatic rings. The van der Waals surface area contributed by atoms with E-state index in [1.165, 1.54) is 0 Å². The summed E-state index contributed by atoms with van der Waals surface area (Å²) >= 11 is 0. The minimum Gasteiger partial charge on any atom is -0.386 e. The van der Waals surface area contributed by atoms with E-state index in [4.69, 9.17) is 0 Å². The SMILES string of the molecule is CCc1c(C(=O)N2CCC(O)(Cn3ccnn3)C2)cnn1CC(C)C. The third kappa shape index (κ3) is 3.73. The summed E-state index contributed by atoms with van der Waals surface area (Å²) in [5.41, 5.74) is 0.641. The number of aliphatic hydroxyl groups is 1. The molecule has 3 heterocycles. The standard InChI is InChI=1S/C17H26N6O2/c1-4-15-14(9-19-23(15)10-13(2)3)16(24)21-7-5-17(25,11-21)12-22-8-6-18-20-22/h6,8-9,13,25H,4-5,7,10-12H2,1-3H3. The van der Waals surface area contributed by atoms with Crippen molar-refractivity contribution in [1.29, 1.82) is 0 Å². The normalized spacial score (nSPS) is 20.6. The molecule has 2 aromatic heterocycles. The molecule has 1 fully saturated rings. The molecule has 0 spiro atoms. The lowest BCUT2D eigenvalue weighted by atomic mass is 10.0. The molecule has 0 aromatic carbocycles. The Hall–Kier alpha value is -2.22. The van der Waals surface area contributed by atoms with E-state index in [1.807, 2.05) is 11.6 Å². The number of likely N-dealkylation sites (tertiary alicyclic amines) is 1. The van der Waals surface area contributed by atoms with Gasteiger partial charge in [-0.25, -0.2) is 4.68 Å². The first-order valence-corrected chi connectivity index (χ1v) is 8.82. The largest absolute Gasteiger partial charge is 0.386 e. The first-order valence-electron chi connectivity index (χ1n) is 8.82. The van der Waals surface area contributed by atoms with Gasteiger partial charge in [-0.2, -0.15) is 5.10 Å². The Bertz CT molecular complexity index is 724. The fourth-order valence-corrected chi connectivity index (χ4v) is 3.41. The monoisotopic (exact) mass is 346 g/mol. The van der Waals surface area contributed by atoms with Crippen LogP contribution < -0.4 is 0 Å². The topological polar surface area (TPSA) is 89.1 Å². The van der Waals surface area contributed by atoms with E-state index in [2.05, 4.69) is 29.3 Å². The lowest BCUT2D eigenvalue weighted by Crippen LogP contribution is -2.39. The summed E-state index contributed by atoms with van der Waals surface area (Å²) in [5.74, 6) is 0.411. The average molecular weight is 346 g/mol. The highest BCUT2D eigenvalue weighted by molar-refractivity contribution is 5.95. The minimum absolute atomic E-state index is 0.0543. The van der Waals surface area contributed by atoms with Gasteiger partial charge in [0.25, 0.3) is 5.91 Å². The van der Waals surface area contributed by atoms with Gasteiger partial charge in [0.15, 0.2) is 0 Å². The Balaban J connectivity index is 1.73. The van der Waals surface area contributed by atoms with Crippen molar-refractivity contribution in [2.45, 2.75) is 52.3 Å². The van der Waals surface area contributed by atoms with Gasteiger partial charge in [0.05, 0.1) is 36.7 Å². The van der Waals surface area contributed by atoms with Crippen LogP contribution in [0.3, 0.4) is 0 Å². The first-order chi connectivity index (χ1) is 11.9. The third-order valence-electron chi connectivity index (χ3n) is 4.60. The molecular formula is C17H26N6O2. The van der Waals surface area contributed by atoms with Crippen molar-refractivity contribution in [3.8, 4) is 0 Å². The molecule has 8 heteroatoms. The maximum atomic E-state index is 12.9. The molecule has 0 aliphatic carbocycles. The molecule has 1 atom stereocenters. The van der Waals surface area contributed by atoms with Crippen LogP contribution in [0.25, 0.3) is 0 Å². The predicted octanol–water partition coefficient (Wildman–Crippen LogP) is 0.970. The maximum Gasteiger partial charge on any atom is 0.257 e. The highest BCUT2D eigenvalue weighted by atomic mass is 16.3. The van der Waals surface area contributed by atoms with Gasteiger partial charge in [-0.3, -0.25) is 9.48 Å². The average Bonchev–Trinajstić information content (AvgIpc) is 3.27. The molecule has 1 unspecified atom stereocenters. The van der Waals surface area contributed by atoms with Crippen LogP contribution in [0.2, 0.25) is 0 Å². The quantitative estimate of drug-likeness (QED) is 0.842. The lowest BCUT2D eigenvalue weighted by Gasteiger charge is -2.23. The van der Waals surface area contributed by atoms with Crippen molar-refractivity contribution in [1.82, 2.24) is 29.7 Å². The van der Waals surface area contributed by atoms with E-state index in [0.29, 0.717) is 37.5 Å². The zero-order chi connectivity index (χ0) is 18.0. The molecule has 136 valence electrons. The van der Waals surface area contributed by atoms with E-state index < -0.39 is 5.60 Å². The third-order valence-corrected chi connectivity index (χ3v) is 4.60. The molecule has 1 aliphatic heterocycles. The minimum atomic E-state index is -0.969. The zero-order valence-electron chi connectivity index (χ0n) is 15.1. The summed E-state index contributed by atoms with van der Waals surface area (Å²) in [6, 6.07) is 0. The van der Waals surface area contributed by atoms with Crippen LogP contribution in [0.5, 0.6) is 0 Å². The fourth-order valence-electron chi connectivity index (χ4n) is 3.41. The number of hydrogen-bond acceptors (Lipinski definition) is 5. The highest BCUT2D eigenvalue weighted by Gasteiger charge is 2.39. The molecule has 3 rings (SSSR count). The second kappa shape index (κ2) is 6.95. The van der Waals surface area contributed by atoms with Crippen LogP contribution >= 0.6 is 0 Å². The number of carbonyl (C=O) groups excluding carboxylic acids is 1. The number of hydrogen-bond donors (Lipinski definition) is 1. The van der Waals surface area contributed by atoms with Gasteiger partial charge in [-0.1, -0.05) is 26.0 Å². The number of nitrogens with zero attached hydrogens (tertiary/aromatic N) is 6. The lowest BCUT2D eigenvalue weighted by molar-refractivity contribution is 0.0266. The van der Waals surface area contributed by atoms with E-state index in [-0.39, 0.29) is 5.91 Å². The van der Waals surface area contributed by atoms with Crippen molar-refractivity contribution in [3.05, 3.63) is 29.8 Å². The van der Waals surface area contributed by atoms with Gasteiger partial charge in [0.2, 0.25) is 0 Å². The van der Waals surface area contributed by atoms with Crippen molar-refractivity contribution in [2.24, 2.45) is 5.92 Å². The second-order valence-electron chi connectivity index (χ2n) is 7.24. The summed E-state index contributed by atoms with van der Waals surface area (Å²) in [5, 5.41) is 22.8. The molecule has 1 amide bonds. The zero-order valence-corrected chi connectivity index (χ0v) is 15.1. The van der Waals surface area contributed by atoms with Crippen LogP contribution in [-0.4, -0.2) is 59.4 Å². The Morgan fingerprint density at radius 1 is 1.44 bits per heavy atom. The van der Waals surface area contributed by atoms with Crippen LogP contribution in [0.15, 0.2) is 18.6 Å². The van der Waals surface area contributed by atoms with E-state index in [9.17, 15) is 9.90 Å². The molecule has 1 saturated heterocycles. The molecule has 2 aromatic rings. The smallest absolute Gasteiger partial charge is 0.257 e. The summed E-state index contributed by atoms with van der Waals surface area (Å²) in [6.45, 7) is 8.26. The van der Waals surface area contributed by atoms with E-state index in [0.717, 1.165) is 18.7 Å². The summed E-state index contributed by atoms with van der Waals surface area (Å²) in [7, 11) is 0.